The van der Waals surface area contributed by atoms with Gasteiger partial charge in [-0.25, -0.2) is 4.79 Å². The number of benzene rings is 2. The van der Waals surface area contributed by atoms with E-state index in [1.54, 1.807) is 72.8 Å². The Kier molecular flexibility index (Phi) is 7.82. The highest BCUT2D eigenvalue weighted by atomic mass is 35.5. The first kappa shape index (κ1) is 22.5. The number of pyridine rings is 1. The fraction of sp³-hybridized carbons (Fsp3) is 0.125. The molecule has 0 spiro atoms. The number of anilines is 1. The summed E-state index contributed by atoms with van der Waals surface area (Å²) in [6, 6.07) is 15.5. The van der Waals surface area contributed by atoms with Gasteiger partial charge >= 0.3 is 5.97 Å². The summed E-state index contributed by atoms with van der Waals surface area (Å²) < 4.78 is 5.02. The third kappa shape index (κ3) is 6.17. The van der Waals surface area contributed by atoms with E-state index in [0.29, 0.717) is 40.0 Å². The van der Waals surface area contributed by atoms with Gasteiger partial charge in [-0.15, -0.1) is 0 Å². The number of hydrogen-bond donors (Lipinski definition) is 0. The Morgan fingerprint density at radius 2 is 1.74 bits per heavy atom. The molecule has 3 rings (SSSR count). The van der Waals surface area contributed by atoms with E-state index >= 15 is 0 Å². The third-order valence-electron chi connectivity index (χ3n) is 4.41. The molecule has 0 radical (unpaired) electrons. The summed E-state index contributed by atoms with van der Waals surface area (Å²) in [4.78, 5) is 30.6. The summed E-state index contributed by atoms with van der Waals surface area (Å²) in [6.07, 6.45) is 6.44. The molecule has 2 aromatic carbocycles. The predicted molar refractivity (Wildman–Crippen MR) is 123 cm³/mol. The zero-order valence-corrected chi connectivity index (χ0v) is 18.3. The molecule has 0 saturated heterocycles. The number of nitrogens with zero attached hydrogens (tertiary/aromatic N) is 2. The van der Waals surface area contributed by atoms with Crippen LogP contribution in [0.25, 0.3) is 6.08 Å². The van der Waals surface area contributed by atoms with Crippen LogP contribution >= 0.6 is 23.2 Å². The van der Waals surface area contributed by atoms with Crippen molar-refractivity contribution in [2.24, 2.45) is 0 Å². The average molecular weight is 455 g/mol. The first-order chi connectivity index (χ1) is 15.0. The maximum Gasteiger partial charge on any atom is 0.338 e. The molecule has 0 aliphatic carbocycles. The predicted octanol–water partition coefficient (Wildman–Crippen LogP) is 5.81. The fourth-order valence-electron chi connectivity index (χ4n) is 2.85. The Hall–Kier alpha value is -3.15. The van der Waals surface area contributed by atoms with Gasteiger partial charge in [-0.05, 0) is 72.7 Å². The van der Waals surface area contributed by atoms with Crippen LogP contribution in [0, 0.1) is 0 Å². The van der Waals surface area contributed by atoms with Crippen molar-refractivity contribution < 1.29 is 14.3 Å². The van der Waals surface area contributed by atoms with Gasteiger partial charge in [0.15, 0.2) is 0 Å². The molecule has 0 N–H and O–H groups in total. The molecule has 0 aliphatic rings. The van der Waals surface area contributed by atoms with E-state index in [1.807, 2.05) is 12.1 Å². The molecule has 0 saturated carbocycles. The van der Waals surface area contributed by atoms with Gasteiger partial charge in [-0.1, -0.05) is 29.3 Å². The van der Waals surface area contributed by atoms with Gasteiger partial charge in [0.05, 0.1) is 18.7 Å². The lowest BCUT2D eigenvalue weighted by molar-refractivity contribution is -0.114. The maximum atomic E-state index is 13.1. The zero-order chi connectivity index (χ0) is 22.2. The van der Waals surface area contributed by atoms with Crippen molar-refractivity contribution >= 4 is 46.8 Å². The molecule has 7 heteroatoms. The van der Waals surface area contributed by atoms with E-state index in [4.69, 9.17) is 27.9 Å². The second-order valence-electron chi connectivity index (χ2n) is 6.55. The van der Waals surface area contributed by atoms with Gasteiger partial charge in [0.2, 0.25) is 0 Å². The molecule has 1 amide bonds. The molecule has 0 aliphatic heterocycles. The highest BCUT2D eigenvalue weighted by Gasteiger charge is 2.15. The standard InChI is InChI=1S/C24H20Cl2N2O3/c1-2-31-24(30)19-4-8-21(9-5-19)28(16-17-11-13-27-14-12-17)23(29)10-6-18-3-7-20(25)15-22(18)26/h3-15H,2,16H2,1H3/b10-6+. The van der Waals surface area contributed by atoms with Crippen LogP contribution in [-0.2, 0) is 16.1 Å². The lowest BCUT2D eigenvalue weighted by Gasteiger charge is -2.22. The Morgan fingerprint density at radius 3 is 2.39 bits per heavy atom. The summed E-state index contributed by atoms with van der Waals surface area (Å²) in [6.45, 7) is 2.38. The lowest BCUT2D eigenvalue weighted by atomic mass is 10.1. The molecule has 0 bridgehead atoms. The van der Waals surface area contributed by atoms with Gasteiger partial charge in [-0.3, -0.25) is 9.78 Å². The Balaban J connectivity index is 1.87. The zero-order valence-electron chi connectivity index (χ0n) is 16.8. The van der Waals surface area contributed by atoms with Gasteiger partial charge in [0.1, 0.15) is 0 Å². The lowest BCUT2D eigenvalue weighted by Crippen LogP contribution is -2.28. The van der Waals surface area contributed by atoms with Crippen LogP contribution in [0.1, 0.15) is 28.4 Å². The molecule has 1 aromatic heterocycles. The molecular weight excluding hydrogens is 435 g/mol. The SMILES string of the molecule is CCOC(=O)c1ccc(N(Cc2ccncc2)C(=O)/C=C/c2ccc(Cl)cc2Cl)cc1. The number of amides is 1. The molecule has 5 nitrogen and oxygen atoms in total. The molecule has 1 heterocycles. The molecule has 158 valence electrons. The van der Waals surface area contributed by atoms with Crippen LogP contribution in [0.4, 0.5) is 5.69 Å². The van der Waals surface area contributed by atoms with Crippen LogP contribution in [0.3, 0.4) is 0 Å². The summed E-state index contributed by atoms with van der Waals surface area (Å²) in [5.41, 5.74) is 2.66. The van der Waals surface area contributed by atoms with Crippen LogP contribution in [0.15, 0.2) is 73.1 Å². The van der Waals surface area contributed by atoms with Gasteiger partial charge in [0, 0.05) is 34.2 Å². The van der Waals surface area contributed by atoms with E-state index in [1.165, 1.54) is 6.08 Å². The molecule has 0 fully saturated rings. The maximum absolute atomic E-state index is 13.1. The first-order valence-electron chi connectivity index (χ1n) is 9.58. The minimum Gasteiger partial charge on any atom is -0.462 e. The Morgan fingerprint density at radius 1 is 1.03 bits per heavy atom. The fourth-order valence-corrected chi connectivity index (χ4v) is 3.32. The average Bonchev–Trinajstić information content (AvgIpc) is 2.78. The quantitative estimate of drug-likeness (QED) is 0.333. The van der Waals surface area contributed by atoms with Crippen LogP contribution in [-0.4, -0.2) is 23.5 Å². The van der Waals surface area contributed by atoms with Crippen molar-refractivity contribution in [3.8, 4) is 0 Å². The van der Waals surface area contributed by atoms with Crippen LogP contribution in [0.2, 0.25) is 10.0 Å². The van der Waals surface area contributed by atoms with Crippen molar-refractivity contribution in [1.82, 2.24) is 4.98 Å². The van der Waals surface area contributed by atoms with E-state index in [0.717, 1.165) is 5.56 Å². The van der Waals surface area contributed by atoms with Crippen LogP contribution in [0.5, 0.6) is 0 Å². The second kappa shape index (κ2) is 10.8. The van der Waals surface area contributed by atoms with Crippen molar-refractivity contribution in [3.05, 3.63) is 99.8 Å². The highest BCUT2D eigenvalue weighted by molar-refractivity contribution is 6.35. The van der Waals surface area contributed by atoms with Crippen molar-refractivity contribution in [3.63, 3.8) is 0 Å². The number of rotatable bonds is 7. The van der Waals surface area contributed by atoms with E-state index in [9.17, 15) is 9.59 Å². The smallest absolute Gasteiger partial charge is 0.338 e. The topological polar surface area (TPSA) is 59.5 Å². The van der Waals surface area contributed by atoms with E-state index in [-0.39, 0.29) is 5.91 Å². The molecule has 3 aromatic rings. The van der Waals surface area contributed by atoms with Crippen molar-refractivity contribution in [2.75, 3.05) is 11.5 Å². The number of ether oxygens (including phenoxy) is 1. The van der Waals surface area contributed by atoms with Crippen LogP contribution < -0.4 is 4.90 Å². The van der Waals surface area contributed by atoms with Crippen molar-refractivity contribution in [2.45, 2.75) is 13.5 Å². The Labute approximate surface area is 190 Å². The van der Waals surface area contributed by atoms with Gasteiger partial charge < -0.3 is 9.64 Å². The minimum absolute atomic E-state index is 0.244. The number of aromatic nitrogens is 1. The summed E-state index contributed by atoms with van der Waals surface area (Å²) in [5, 5.41) is 0.977. The number of halogens is 2. The monoisotopic (exact) mass is 454 g/mol. The Bertz CT molecular complexity index is 1080. The van der Waals surface area contributed by atoms with E-state index in [2.05, 4.69) is 4.98 Å². The molecule has 31 heavy (non-hydrogen) atoms. The van der Waals surface area contributed by atoms with Gasteiger partial charge in [-0.2, -0.15) is 0 Å². The van der Waals surface area contributed by atoms with Crippen molar-refractivity contribution in [1.29, 1.82) is 0 Å². The minimum atomic E-state index is -0.404. The van der Waals surface area contributed by atoms with E-state index < -0.39 is 5.97 Å². The summed E-state index contributed by atoms with van der Waals surface area (Å²) in [5.74, 6) is -0.648. The number of hydrogen-bond acceptors (Lipinski definition) is 4. The molecule has 0 unspecified atom stereocenters. The molecular formula is C24H20Cl2N2O3. The second-order valence-corrected chi connectivity index (χ2v) is 7.39. The highest BCUT2D eigenvalue weighted by Crippen LogP contribution is 2.23. The summed E-state index contributed by atoms with van der Waals surface area (Å²) >= 11 is 12.1. The number of esters is 1. The largest absolute Gasteiger partial charge is 0.462 e. The van der Waals surface area contributed by atoms with Gasteiger partial charge in [0.25, 0.3) is 5.91 Å². The number of carbonyl (C=O) groups excluding carboxylic acids is 2. The first-order valence-corrected chi connectivity index (χ1v) is 10.3. The number of carbonyl (C=O) groups is 2. The summed E-state index contributed by atoms with van der Waals surface area (Å²) in [7, 11) is 0. The normalized spacial score (nSPS) is 10.8. The third-order valence-corrected chi connectivity index (χ3v) is 4.98. The molecule has 0 atom stereocenters.